The van der Waals surface area contributed by atoms with E-state index in [9.17, 15) is 4.39 Å². The normalized spacial score (nSPS) is 10.2. The molecule has 0 fully saturated rings. The molecule has 0 amide bonds. The van der Waals surface area contributed by atoms with Gasteiger partial charge in [0.1, 0.15) is 23.2 Å². The SMILES string of the molecule is NC(=S)c1ccccc1OCc1ccc(F)c(Br)c1. The van der Waals surface area contributed by atoms with Crippen molar-refractivity contribution in [3.8, 4) is 5.75 Å². The fraction of sp³-hybridized carbons (Fsp3) is 0.0714. The van der Waals surface area contributed by atoms with E-state index in [1.54, 1.807) is 24.3 Å². The molecule has 0 saturated heterocycles. The third-order valence-corrected chi connectivity index (χ3v) is 3.36. The average Bonchev–Trinajstić information content (AvgIpc) is 2.40. The van der Waals surface area contributed by atoms with E-state index in [0.29, 0.717) is 22.4 Å². The van der Waals surface area contributed by atoms with Crippen LogP contribution in [0, 0.1) is 5.82 Å². The third kappa shape index (κ3) is 3.52. The van der Waals surface area contributed by atoms with Crippen LogP contribution < -0.4 is 10.5 Å². The van der Waals surface area contributed by atoms with Gasteiger partial charge in [-0.2, -0.15) is 0 Å². The zero-order chi connectivity index (χ0) is 13.8. The zero-order valence-corrected chi connectivity index (χ0v) is 12.3. The summed E-state index contributed by atoms with van der Waals surface area (Å²) in [7, 11) is 0. The highest BCUT2D eigenvalue weighted by atomic mass is 79.9. The Labute approximate surface area is 124 Å². The molecule has 0 aliphatic carbocycles. The van der Waals surface area contributed by atoms with Crippen molar-refractivity contribution in [3.63, 3.8) is 0 Å². The lowest BCUT2D eigenvalue weighted by molar-refractivity contribution is 0.305. The molecule has 5 heteroatoms. The van der Waals surface area contributed by atoms with Crippen molar-refractivity contribution in [2.75, 3.05) is 0 Å². The summed E-state index contributed by atoms with van der Waals surface area (Å²) in [6, 6.07) is 12.0. The summed E-state index contributed by atoms with van der Waals surface area (Å²) >= 11 is 8.10. The van der Waals surface area contributed by atoms with Crippen LogP contribution in [-0.4, -0.2) is 4.99 Å². The van der Waals surface area contributed by atoms with Gasteiger partial charge in [0.25, 0.3) is 0 Å². The highest BCUT2D eigenvalue weighted by Crippen LogP contribution is 2.21. The highest BCUT2D eigenvalue weighted by molar-refractivity contribution is 9.10. The summed E-state index contributed by atoms with van der Waals surface area (Å²) < 4.78 is 19.2. The van der Waals surface area contributed by atoms with Crippen molar-refractivity contribution in [2.24, 2.45) is 5.73 Å². The lowest BCUT2D eigenvalue weighted by Crippen LogP contribution is -2.11. The molecule has 19 heavy (non-hydrogen) atoms. The maximum absolute atomic E-state index is 13.1. The van der Waals surface area contributed by atoms with E-state index in [1.165, 1.54) is 6.07 Å². The Morgan fingerprint density at radius 3 is 2.68 bits per heavy atom. The molecule has 2 nitrogen and oxygen atoms in total. The van der Waals surface area contributed by atoms with Gasteiger partial charge >= 0.3 is 0 Å². The van der Waals surface area contributed by atoms with Gasteiger partial charge in [-0.15, -0.1) is 0 Å². The van der Waals surface area contributed by atoms with E-state index in [1.807, 2.05) is 12.1 Å². The van der Waals surface area contributed by atoms with Crippen LogP contribution in [0.3, 0.4) is 0 Å². The van der Waals surface area contributed by atoms with Crippen molar-refractivity contribution in [3.05, 3.63) is 63.9 Å². The number of ether oxygens (including phenoxy) is 1. The standard InChI is InChI=1S/C14H11BrFNOS/c15-11-7-9(5-6-12(11)16)8-18-13-4-2-1-3-10(13)14(17)19/h1-7H,8H2,(H2,17,19). The maximum atomic E-state index is 13.1. The van der Waals surface area contributed by atoms with Gasteiger partial charge in [0.2, 0.25) is 0 Å². The summed E-state index contributed by atoms with van der Waals surface area (Å²) in [5, 5.41) is 0. The second kappa shape index (κ2) is 6.12. The van der Waals surface area contributed by atoms with Crippen LogP contribution in [0.2, 0.25) is 0 Å². The number of nitrogens with two attached hydrogens (primary N) is 1. The van der Waals surface area contributed by atoms with Gasteiger partial charge in [-0.3, -0.25) is 0 Å². The molecule has 98 valence electrons. The summed E-state index contributed by atoms with van der Waals surface area (Å²) in [6.45, 7) is 0.318. The molecule has 0 heterocycles. The Kier molecular flexibility index (Phi) is 4.50. The monoisotopic (exact) mass is 339 g/mol. The molecule has 2 N–H and O–H groups in total. The molecule has 0 atom stereocenters. The largest absolute Gasteiger partial charge is 0.488 e. The third-order valence-electron chi connectivity index (χ3n) is 2.53. The number of para-hydroxylation sites is 1. The van der Waals surface area contributed by atoms with Crippen molar-refractivity contribution in [1.82, 2.24) is 0 Å². The van der Waals surface area contributed by atoms with E-state index in [0.717, 1.165) is 5.56 Å². The van der Waals surface area contributed by atoms with Crippen LogP contribution in [0.4, 0.5) is 4.39 Å². The molecular weight excluding hydrogens is 329 g/mol. The minimum absolute atomic E-state index is 0.288. The lowest BCUT2D eigenvalue weighted by Gasteiger charge is -2.10. The maximum Gasteiger partial charge on any atom is 0.137 e. The number of halogens is 2. The first kappa shape index (κ1) is 14.0. The fourth-order valence-corrected chi connectivity index (χ4v) is 2.18. The Bertz CT molecular complexity index is 618. The molecule has 0 bridgehead atoms. The fourth-order valence-electron chi connectivity index (χ4n) is 1.59. The van der Waals surface area contributed by atoms with Crippen LogP contribution in [0.15, 0.2) is 46.9 Å². The van der Waals surface area contributed by atoms with E-state index < -0.39 is 0 Å². The van der Waals surface area contributed by atoms with Crippen LogP contribution in [0.1, 0.15) is 11.1 Å². The Hall–Kier alpha value is -1.46. The Morgan fingerprint density at radius 1 is 1.26 bits per heavy atom. The lowest BCUT2D eigenvalue weighted by atomic mass is 10.2. The van der Waals surface area contributed by atoms with Crippen LogP contribution in [0.5, 0.6) is 5.75 Å². The van der Waals surface area contributed by atoms with Crippen LogP contribution in [-0.2, 0) is 6.61 Å². The molecule has 2 rings (SSSR count). The summed E-state index contributed by atoms with van der Waals surface area (Å²) in [4.78, 5) is 0.288. The molecule has 2 aromatic carbocycles. The number of hydrogen-bond donors (Lipinski definition) is 1. The zero-order valence-electron chi connectivity index (χ0n) is 9.90. The Morgan fingerprint density at radius 2 is 2.00 bits per heavy atom. The molecule has 0 unspecified atom stereocenters. The molecule has 0 aliphatic rings. The molecule has 0 aliphatic heterocycles. The van der Waals surface area contributed by atoms with Gasteiger partial charge < -0.3 is 10.5 Å². The summed E-state index contributed by atoms with van der Waals surface area (Å²) in [5.74, 6) is 0.322. The molecule has 2 aromatic rings. The predicted octanol–water partition coefficient (Wildman–Crippen LogP) is 3.80. The first-order valence-electron chi connectivity index (χ1n) is 5.53. The van der Waals surface area contributed by atoms with Gasteiger partial charge in [-0.05, 0) is 45.8 Å². The number of hydrogen-bond acceptors (Lipinski definition) is 2. The summed E-state index contributed by atoms with van der Waals surface area (Å²) in [5.41, 5.74) is 7.17. The van der Waals surface area contributed by atoms with Crippen molar-refractivity contribution < 1.29 is 9.13 Å². The van der Waals surface area contributed by atoms with Gasteiger partial charge in [-0.25, -0.2) is 4.39 Å². The number of thiocarbonyl (C=S) groups is 1. The Balaban J connectivity index is 2.14. The quantitative estimate of drug-likeness (QED) is 0.860. The minimum atomic E-state index is -0.299. The number of rotatable bonds is 4. The predicted molar refractivity (Wildman–Crippen MR) is 80.8 cm³/mol. The average molecular weight is 340 g/mol. The van der Waals surface area contributed by atoms with E-state index in [2.05, 4.69) is 15.9 Å². The van der Waals surface area contributed by atoms with Gasteiger partial charge in [0.05, 0.1) is 10.0 Å². The second-order valence-electron chi connectivity index (χ2n) is 3.90. The van der Waals surface area contributed by atoms with Gasteiger partial charge in [0.15, 0.2) is 0 Å². The summed E-state index contributed by atoms with van der Waals surface area (Å²) in [6.07, 6.45) is 0. The highest BCUT2D eigenvalue weighted by Gasteiger charge is 2.06. The van der Waals surface area contributed by atoms with Crippen molar-refractivity contribution in [2.45, 2.75) is 6.61 Å². The molecule has 0 radical (unpaired) electrons. The minimum Gasteiger partial charge on any atom is -0.488 e. The molecule has 0 spiro atoms. The van der Waals surface area contributed by atoms with Crippen molar-refractivity contribution in [1.29, 1.82) is 0 Å². The molecule has 0 saturated carbocycles. The second-order valence-corrected chi connectivity index (χ2v) is 5.19. The van der Waals surface area contributed by atoms with Crippen LogP contribution in [0.25, 0.3) is 0 Å². The first-order chi connectivity index (χ1) is 9.08. The van der Waals surface area contributed by atoms with E-state index in [4.69, 9.17) is 22.7 Å². The molecular formula is C14H11BrFNOS. The number of benzene rings is 2. The van der Waals surface area contributed by atoms with E-state index in [-0.39, 0.29) is 10.8 Å². The van der Waals surface area contributed by atoms with Crippen LogP contribution >= 0.6 is 28.1 Å². The molecule has 0 aromatic heterocycles. The smallest absolute Gasteiger partial charge is 0.137 e. The topological polar surface area (TPSA) is 35.2 Å². The van der Waals surface area contributed by atoms with Crippen molar-refractivity contribution >= 4 is 33.1 Å². The van der Waals surface area contributed by atoms with Gasteiger partial charge in [0, 0.05) is 0 Å². The van der Waals surface area contributed by atoms with Gasteiger partial charge in [-0.1, -0.05) is 30.4 Å². The first-order valence-corrected chi connectivity index (χ1v) is 6.73. The van der Waals surface area contributed by atoms with E-state index >= 15 is 0 Å².